The van der Waals surface area contributed by atoms with E-state index in [0.29, 0.717) is 13.2 Å². The zero-order chi connectivity index (χ0) is 22.6. The van der Waals surface area contributed by atoms with E-state index in [0.717, 1.165) is 29.2 Å². The van der Waals surface area contributed by atoms with Crippen molar-refractivity contribution < 1.29 is 14.6 Å². The number of nitrogens with one attached hydrogen (secondary N) is 1. The normalized spacial score (nSPS) is 18.2. The van der Waals surface area contributed by atoms with Gasteiger partial charge in [0.1, 0.15) is 12.4 Å². The Morgan fingerprint density at radius 1 is 1.12 bits per heavy atom. The van der Waals surface area contributed by atoms with Gasteiger partial charge in [-0.2, -0.15) is 0 Å². The maximum Gasteiger partial charge on any atom is 0.317 e. The van der Waals surface area contributed by atoms with Crippen molar-refractivity contribution in [1.29, 1.82) is 0 Å². The quantitative estimate of drug-likeness (QED) is 0.455. The van der Waals surface area contributed by atoms with Gasteiger partial charge in [0.2, 0.25) is 0 Å². The SMILES string of the molecule is CC(CNCC(=O)O)C1(c2ccc(OCc3ccccc3)cc2)CCc2cc(Cl)ccc21. The fraction of sp³-hybridized carbons (Fsp3) is 0.296. The molecule has 2 atom stereocenters. The Morgan fingerprint density at radius 3 is 2.59 bits per heavy atom. The molecule has 0 aliphatic heterocycles. The van der Waals surface area contributed by atoms with Crippen molar-refractivity contribution in [3.63, 3.8) is 0 Å². The maximum atomic E-state index is 11.0. The highest BCUT2D eigenvalue weighted by molar-refractivity contribution is 6.30. The van der Waals surface area contributed by atoms with Crippen molar-refractivity contribution in [2.24, 2.45) is 5.92 Å². The number of halogens is 1. The summed E-state index contributed by atoms with van der Waals surface area (Å²) < 4.78 is 5.98. The van der Waals surface area contributed by atoms with Gasteiger partial charge in [-0.05, 0) is 71.8 Å². The van der Waals surface area contributed by atoms with Gasteiger partial charge >= 0.3 is 5.97 Å². The minimum Gasteiger partial charge on any atom is -0.489 e. The number of carboxylic acid groups (broad SMARTS) is 1. The molecular weight excluding hydrogens is 422 g/mol. The van der Waals surface area contributed by atoms with Crippen LogP contribution in [0.1, 0.15) is 35.6 Å². The number of hydrogen-bond donors (Lipinski definition) is 2. The monoisotopic (exact) mass is 449 g/mol. The van der Waals surface area contributed by atoms with Crippen LogP contribution in [0.15, 0.2) is 72.8 Å². The first-order valence-electron chi connectivity index (χ1n) is 11.0. The van der Waals surface area contributed by atoms with Crippen LogP contribution < -0.4 is 10.1 Å². The molecule has 0 saturated carbocycles. The van der Waals surface area contributed by atoms with Crippen LogP contribution in [-0.2, 0) is 23.2 Å². The second-order valence-corrected chi connectivity index (χ2v) is 8.93. The highest BCUT2D eigenvalue weighted by Gasteiger charge is 2.44. The second kappa shape index (κ2) is 9.76. The maximum absolute atomic E-state index is 11.0. The van der Waals surface area contributed by atoms with E-state index in [1.165, 1.54) is 16.7 Å². The van der Waals surface area contributed by atoms with Gasteiger partial charge in [-0.1, -0.05) is 67.1 Å². The smallest absolute Gasteiger partial charge is 0.317 e. The molecule has 3 aromatic rings. The number of fused-ring (bicyclic) bond motifs is 1. The topological polar surface area (TPSA) is 58.6 Å². The van der Waals surface area contributed by atoms with Crippen LogP contribution in [0.25, 0.3) is 0 Å². The molecule has 2 N–H and O–H groups in total. The van der Waals surface area contributed by atoms with E-state index in [9.17, 15) is 4.79 Å². The molecule has 0 saturated heterocycles. The van der Waals surface area contributed by atoms with Crippen LogP contribution in [0.2, 0.25) is 5.02 Å². The molecule has 2 unspecified atom stereocenters. The third kappa shape index (κ3) is 4.67. The van der Waals surface area contributed by atoms with Gasteiger partial charge in [-0.25, -0.2) is 0 Å². The van der Waals surface area contributed by atoms with Crippen molar-refractivity contribution in [3.8, 4) is 5.75 Å². The standard InChI is InChI=1S/C27H28ClNO3/c1-19(16-29-17-26(30)31)27(14-13-21-15-23(28)9-12-25(21)27)22-7-10-24(11-8-22)32-18-20-5-3-2-4-6-20/h2-12,15,19,29H,13-14,16-18H2,1H3,(H,30,31). The molecule has 0 fully saturated rings. The Morgan fingerprint density at radius 2 is 1.88 bits per heavy atom. The van der Waals surface area contributed by atoms with Crippen molar-refractivity contribution in [2.75, 3.05) is 13.1 Å². The molecule has 0 amide bonds. The molecule has 0 aromatic heterocycles. The van der Waals surface area contributed by atoms with Gasteiger partial charge in [-0.15, -0.1) is 0 Å². The number of aryl methyl sites for hydroxylation is 1. The Balaban J connectivity index is 1.60. The third-order valence-electron chi connectivity index (χ3n) is 6.52. The van der Waals surface area contributed by atoms with Gasteiger partial charge in [-0.3, -0.25) is 4.79 Å². The van der Waals surface area contributed by atoms with E-state index in [1.807, 2.05) is 36.4 Å². The zero-order valence-electron chi connectivity index (χ0n) is 18.2. The molecule has 0 heterocycles. The summed E-state index contributed by atoms with van der Waals surface area (Å²) in [5.41, 5.74) is 4.70. The number of rotatable bonds is 9. The highest BCUT2D eigenvalue weighted by Crippen LogP contribution is 2.49. The summed E-state index contributed by atoms with van der Waals surface area (Å²) in [6, 6.07) is 24.6. The molecule has 0 radical (unpaired) electrons. The summed E-state index contributed by atoms with van der Waals surface area (Å²) in [6.45, 7) is 3.29. The van der Waals surface area contributed by atoms with E-state index in [-0.39, 0.29) is 17.9 Å². The average molecular weight is 450 g/mol. The molecule has 1 aliphatic rings. The molecule has 0 bridgehead atoms. The number of carbonyl (C=O) groups is 1. The number of ether oxygens (including phenoxy) is 1. The first-order valence-corrected chi connectivity index (χ1v) is 11.4. The van der Waals surface area contributed by atoms with Gasteiger partial charge in [0.25, 0.3) is 0 Å². The van der Waals surface area contributed by atoms with Crippen LogP contribution in [0.3, 0.4) is 0 Å². The fourth-order valence-electron chi connectivity index (χ4n) is 4.93. The summed E-state index contributed by atoms with van der Waals surface area (Å²) in [7, 11) is 0. The Labute approximate surface area is 194 Å². The second-order valence-electron chi connectivity index (χ2n) is 8.50. The van der Waals surface area contributed by atoms with E-state index in [4.69, 9.17) is 21.4 Å². The van der Waals surface area contributed by atoms with Crippen LogP contribution in [0, 0.1) is 5.92 Å². The van der Waals surface area contributed by atoms with Gasteiger partial charge in [0.15, 0.2) is 0 Å². The van der Waals surface area contributed by atoms with Crippen molar-refractivity contribution in [2.45, 2.75) is 31.8 Å². The summed E-state index contributed by atoms with van der Waals surface area (Å²) >= 11 is 6.27. The molecule has 0 spiro atoms. The Hall–Kier alpha value is -2.82. The van der Waals surface area contributed by atoms with Crippen LogP contribution in [0.4, 0.5) is 0 Å². The molecule has 5 heteroatoms. The van der Waals surface area contributed by atoms with Crippen LogP contribution >= 0.6 is 11.6 Å². The van der Waals surface area contributed by atoms with Crippen molar-refractivity contribution >= 4 is 17.6 Å². The van der Waals surface area contributed by atoms with E-state index in [1.54, 1.807) is 0 Å². The first-order chi connectivity index (χ1) is 15.5. The number of benzene rings is 3. The number of carboxylic acids is 1. The Bertz CT molecular complexity index is 1070. The molecule has 32 heavy (non-hydrogen) atoms. The summed E-state index contributed by atoms with van der Waals surface area (Å²) in [4.78, 5) is 11.0. The summed E-state index contributed by atoms with van der Waals surface area (Å²) in [6.07, 6.45) is 1.91. The third-order valence-corrected chi connectivity index (χ3v) is 6.76. The predicted octanol–water partition coefficient (Wildman–Crippen LogP) is 5.46. The first kappa shape index (κ1) is 22.4. The largest absolute Gasteiger partial charge is 0.489 e. The van der Waals surface area contributed by atoms with E-state index >= 15 is 0 Å². The summed E-state index contributed by atoms with van der Waals surface area (Å²) in [5, 5.41) is 12.9. The van der Waals surface area contributed by atoms with Gasteiger partial charge in [0, 0.05) is 10.4 Å². The van der Waals surface area contributed by atoms with E-state index < -0.39 is 5.97 Å². The lowest BCUT2D eigenvalue weighted by atomic mass is 9.67. The van der Waals surface area contributed by atoms with Crippen molar-refractivity contribution in [1.82, 2.24) is 5.32 Å². The minimum atomic E-state index is -0.843. The van der Waals surface area contributed by atoms with Crippen LogP contribution in [-0.4, -0.2) is 24.2 Å². The lowest BCUT2D eigenvalue weighted by molar-refractivity contribution is -0.136. The van der Waals surface area contributed by atoms with Crippen LogP contribution in [0.5, 0.6) is 5.75 Å². The lowest BCUT2D eigenvalue weighted by Gasteiger charge is -2.38. The van der Waals surface area contributed by atoms with Crippen molar-refractivity contribution in [3.05, 3.63) is 100 Å². The fourth-order valence-corrected chi connectivity index (χ4v) is 5.12. The molecule has 1 aliphatic carbocycles. The Kier molecular flexibility index (Phi) is 6.83. The molecule has 4 nitrogen and oxygen atoms in total. The predicted molar refractivity (Wildman–Crippen MR) is 127 cm³/mol. The van der Waals surface area contributed by atoms with Gasteiger partial charge in [0.05, 0.1) is 6.54 Å². The molecular formula is C27H28ClNO3. The zero-order valence-corrected chi connectivity index (χ0v) is 18.9. The number of aliphatic carboxylic acids is 1. The minimum absolute atomic E-state index is 0.0415. The number of hydrogen-bond acceptors (Lipinski definition) is 3. The van der Waals surface area contributed by atoms with Gasteiger partial charge < -0.3 is 15.2 Å². The molecule has 166 valence electrons. The lowest BCUT2D eigenvalue weighted by Crippen LogP contribution is -2.40. The average Bonchev–Trinajstić information content (AvgIpc) is 3.18. The summed E-state index contributed by atoms with van der Waals surface area (Å²) in [5.74, 6) is 0.184. The molecule has 3 aromatic carbocycles. The molecule has 4 rings (SSSR count). The highest BCUT2D eigenvalue weighted by atomic mass is 35.5. The van der Waals surface area contributed by atoms with E-state index in [2.05, 4.69) is 48.6 Å².